The predicted molar refractivity (Wildman–Crippen MR) is 39.3 cm³/mol. The van der Waals surface area contributed by atoms with Gasteiger partial charge in [-0.15, -0.1) is 0 Å². The van der Waals surface area contributed by atoms with E-state index < -0.39 is 22.9 Å². The van der Waals surface area contributed by atoms with Crippen molar-refractivity contribution in [3.8, 4) is 0 Å². The van der Waals surface area contributed by atoms with E-state index in [1.807, 2.05) is 0 Å². The van der Waals surface area contributed by atoms with Crippen LogP contribution in [-0.2, 0) is 12.4 Å². The van der Waals surface area contributed by atoms with Gasteiger partial charge in [0, 0.05) is 14.7 Å². The average molecular weight is 256 g/mol. The molecule has 13 heavy (non-hydrogen) atoms. The Balaban J connectivity index is 3.19. The topological polar surface area (TPSA) is 0 Å². The molecule has 9 heteroatoms. The largest absolute Gasteiger partial charge is 0.422 e. The lowest BCUT2D eigenvalue weighted by Gasteiger charge is -2.08. The highest BCUT2D eigenvalue weighted by molar-refractivity contribution is 8.07. The van der Waals surface area contributed by atoms with Crippen molar-refractivity contribution in [2.45, 2.75) is 12.4 Å². The minimum absolute atomic E-state index is 0.366. The Kier molecular flexibility index (Phi) is 2.91. The second-order valence-corrected chi connectivity index (χ2v) is 6.43. The standard InChI is InChI=1S/C4F6P2S/c5-3(6,7)1-2(4(8,9)10)12-13-11-1. The lowest BCUT2D eigenvalue weighted by molar-refractivity contribution is -0.157. The van der Waals surface area contributed by atoms with Crippen LogP contribution < -0.4 is 0 Å². The molecule has 1 rings (SSSR count). The van der Waals surface area contributed by atoms with Gasteiger partial charge in [0.25, 0.3) is 0 Å². The number of hydrogen-bond donors (Lipinski definition) is 0. The molecule has 0 spiro atoms. The van der Waals surface area contributed by atoms with E-state index in [1.54, 1.807) is 0 Å². The van der Waals surface area contributed by atoms with Gasteiger partial charge >= 0.3 is 12.4 Å². The fraction of sp³-hybridized carbons (Fsp3) is 0.500. The van der Waals surface area contributed by atoms with Crippen molar-refractivity contribution in [2.24, 2.45) is 0 Å². The number of rotatable bonds is 0. The third kappa shape index (κ3) is 2.55. The van der Waals surface area contributed by atoms with Crippen molar-refractivity contribution in [2.75, 3.05) is 0 Å². The minimum Gasteiger partial charge on any atom is -0.166 e. The lowest BCUT2D eigenvalue weighted by Crippen LogP contribution is -2.11. The van der Waals surface area contributed by atoms with Crippen LogP contribution in [0.25, 0.3) is 0 Å². The maximum atomic E-state index is 12.0. The molecule has 1 aromatic rings. The maximum Gasteiger partial charge on any atom is 0.422 e. The van der Waals surface area contributed by atoms with Crippen LogP contribution in [0.15, 0.2) is 0 Å². The van der Waals surface area contributed by atoms with Crippen LogP contribution in [0.5, 0.6) is 0 Å². The van der Waals surface area contributed by atoms with Crippen LogP contribution in [-0.4, -0.2) is 0 Å². The van der Waals surface area contributed by atoms with Gasteiger partial charge in [0.2, 0.25) is 0 Å². The molecular weight excluding hydrogens is 256 g/mol. The summed E-state index contributed by atoms with van der Waals surface area (Å²) in [5.41, 5.74) is 0. The summed E-state index contributed by atoms with van der Waals surface area (Å²) >= 11 is 0. The molecule has 0 aliphatic carbocycles. The quantitative estimate of drug-likeness (QED) is 0.576. The Morgan fingerprint density at radius 3 is 1.31 bits per heavy atom. The summed E-state index contributed by atoms with van der Waals surface area (Å²) in [6.07, 6.45) is -9.74. The van der Waals surface area contributed by atoms with E-state index in [4.69, 9.17) is 0 Å². The number of hydrogen-bond acceptors (Lipinski definition) is 1. The van der Waals surface area contributed by atoms with Gasteiger partial charge in [-0.25, -0.2) is 0 Å². The summed E-state index contributed by atoms with van der Waals surface area (Å²) in [5, 5.41) is -2.96. The molecule has 0 nitrogen and oxygen atoms in total. The molecule has 0 aliphatic heterocycles. The second-order valence-electron chi connectivity index (χ2n) is 1.96. The summed E-state index contributed by atoms with van der Waals surface area (Å²) in [7, 11) is -0.158. The van der Waals surface area contributed by atoms with Crippen LogP contribution in [0.2, 0.25) is 0 Å². The Labute approximate surface area is 75.3 Å². The molecule has 1 aromatic heterocycles. The van der Waals surface area contributed by atoms with Gasteiger partial charge in [-0.1, -0.05) is 10.5 Å². The molecule has 0 amide bonds. The monoisotopic (exact) mass is 256 g/mol. The molecule has 0 bridgehead atoms. The molecular formula is C4F6P2S. The normalized spacial score (nSPS) is 14.6. The molecule has 0 atom stereocenters. The van der Waals surface area contributed by atoms with Crippen molar-refractivity contribution >= 4 is 25.3 Å². The van der Waals surface area contributed by atoms with E-state index in [2.05, 4.69) is 0 Å². The summed E-state index contributed by atoms with van der Waals surface area (Å²) in [6, 6.07) is 0. The van der Waals surface area contributed by atoms with Crippen molar-refractivity contribution in [3.05, 3.63) is 10.6 Å². The number of alkyl halides is 6. The maximum absolute atomic E-state index is 12.0. The van der Waals surface area contributed by atoms with Gasteiger partial charge in [0.1, 0.15) is 10.6 Å². The zero-order valence-electron chi connectivity index (χ0n) is 5.57. The van der Waals surface area contributed by atoms with Crippen LogP contribution in [0.1, 0.15) is 10.6 Å². The summed E-state index contributed by atoms with van der Waals surface area (Å²) in [6.45, 7) is 0. The third-order valence-corrected chi connectivity index (χ3v) is 5.74. The molecule has 0 N–H and O–H groups in total. The molecule has 0 aliphatic rings. The van der Waals surface area contributed by atoms with Crippen molar-refractivity contribution in [1.29, 1.82) is 0 Å². The van der Waals surface area contributed by atoms with Crippen LogP contribution in [0.3, 0.4) is 0 Å². The minimum atomic E-state index is -4.87. The van der Waals surface area contributed by atoms with E-state index in [9.17, 15) is 26.3 Å². The summed E-state index contributed by atoms with van der Waals surface area (Å²) in [5.74, 6) is 0. The summed E-state index contributed by atoms with van der Waals surface area (Å²) < 4.78 is 71.8. The van der Waals surface area contributed by atoms with E-state index >= 15 is 0 Å². The second kappa shape index (κ2) is 3.37. The molecule has 1 heterocycles. The molecule has 0 unspecified atom stereocenters. The highest BCUT2D eigenvalue weighted by atomic mass is 32.8. The fourth-order valence-electron chi connectivity index (χ4n) is 0.561. The Morgan fingerprint density at radius 2 is 1.08 bits per heavy atom. The van der Waals surface area contributed by atoms with E-state index in [-0.39, 0.29) is 14.7 Å². The van der Waals surface area contributed by atoms with Crippen LogP contribution in [0, 0.1) is 0 Å². The Bertz CT molecular complexity index is 270. The SMILES string of the molecule is FC(F)(F)c1pspc1C(F)(F)F. The molecule has 0 fully saturated rings. The Morgan fingerprint density at radius 1 is 0.769 bits per heavy atom. The van der Waals surface area contributed by atoms with Gasteiger partial charge in [0.15, 0.2) is 0 Å². The molecule has 74 valence electrons. The molecule has 0 radical (unpaired) electrons. The van der Waals surface area contributed by atoms with E-state index in [0.717, 1.165) is 0 Å². The first-order valence-electron chi connectivity index (χ1n) is 2.70. The Hall–Kier alpha value is 0.140. The molecule has 0 saturated heterocycles. The van der Waals surface area contributed by atoms with Crippen molar-refractivity contribution < 1.29 is 26.3 Å². The smallest absolute Gasteiger partial charge is 0.166 e. The highest BCUT2D eigenvalue weighted by Gasteiger charge is 2.44. The van der Waals surface area contributed by atoms with Crippen molar-refractivity contribution in [3.63, 3.8) is 0 Å². The predicted octanol–water partition coefficient (Wildman–Crippen LogP) is 4.95. The summed E-state index contributed by atoms with van der Waals surface area (Å²) in [4.78, 5) is 0. The lowest BCUT2D eigenvalue weighted by atomic mass is 10.4. The van der Waals surface area contributed by atoms with Gasteiger partial charge in [-0.2, -0.15) is 26.3 Å². The van der Waals surface area contributed by atoms with E-state index in [1.165, 1.54) is 0 Å². The van der Waals surface area contributed by atoms with Crippen LogP contribution in [0.4, 0.5) is 26.3 Å². The van der Waals surface area contributed by atoms with Gasteiger partial charge in [-0.05, 0) is 0 Å². The fourth-order valence-corrected chi connectivity index (χ4v) is 5.72. The highest BCUT2D eigenvalue weighted by Crippen LogP contribution is 2.52. The zero-order chi connectivity index (χ0) is 10.3. The van der Waals surface area contributed by atoms with Gasteiger partial charge in [0.05, 0.1) is 0 Å². The number of halogens is 6. The first-order chi connectivity index (χ1) is 5.73. The van der Waals surface area contributed by atoms with Crippen LogP contribution >= 0.6 is 25.3 Å². The third-order valence-electron chi connectivity index (χ3n) is 1.03. The first-order valence-corrected chi connectivity index (χ1v) is 6.51. The average Bonchev–Trinajstić information content (AvgIpc) is 2.27. The van der Waals surface area contributed by atoms with Gasteiger partial charge < -0.3 is 0 Å². The zero-order valence-corrected chi connectivity index (χ0v) is 8.18. The molecule has 0 aromatic carbocycles. The first kappa shape index (κ1) is 11.2. The van der Waals surface area contributed by atoms with Crippen molar-refractivity contribution in [1.82, 2.24) is 0 Å². The van der Waals surface area contributed by atoms with E-state index in [0.29, 0.717) is 10.5 Å². The van der Waals surface area contributed by atoms with Gasteiger partial charge in [-0.3, -0.25) is 0 Å². The molecule has 0 saturated carbocycles.